The predicted molar refractivity (Wildman–Crippen MR) is 66.4 cm³/mol. The average molecular weight is 252 g/mol. The van der Waals surface area contributed by atoms with Gasteiger partial charge in [0.05, 0.1) is 18.0 Å². The Balaban J connectivity index is 2.59. The molecule has 0 fully saturated rings. The molecule has 17 heavy (non-hydrogen) atoms. The molecule has 0 amide bonds. The third-order valence-corrected chi connectivity index (χ3v) is 2.96. The van der Waals surface area contributed by atoms with Gasteiger partial charge < -0.3 is 5.11 Å². The maximum atomic E-state index is 9.19. The molecule has 0 bridgehead atoms. The molecular weight excluding hydrogens is 238 g/mol. The molecule has 2 aromatic rings. The van der Waals surface area contributed by atoms with Crippen LogP contribution >= 0.6 is 11.6 Å². The summed E-state index contributed by atoms with van der Waals surface area (Å²) < 4.78 is 1.74. The van der Waals surface area contributed by atoms with Gasteiger partial charge in [0, 0.05) is 5.02 Å². The van der Waals surface area contributed by atoms with Crippen molar-refractivity contribution in [3.8, 4) is 5.69 Å². The van der Waals surface area contributed by atoms with Crippen molar-refractivity contribution in [3.05, 3.63) is 40.2 Å². The Hall–Kier alpha value is -1.39. The lowest BCUT2D eigenvalue weighted by Gasteiger charge is -2.09. The molecule has 2 rings (SSSR count). The first-order valence-corrected chi connectivity index (χ1v) is 5.86. The lowest BCUT2D eigenvalue weighted by molar-refractivity contribution is 0.275. The third kappa shape index (κ3) is 2.18. The maximum absolute atomic E-state index is 9.19. The van der Waals surface area contributed by atoms with E-state index in [0.717, 1.165) is 23.4 Å². The van der Waals surface area contributed by atoms with Crippen molar-refractivity contribution < 1.29 is 5.11 Å². The fraction of sp³-hybridized carbons (Fsp3) is 0.333. The van der Waals surface area contributed by atoms with Crippen molar-refractivity contribution >= 4 is 11.6 Å². The smallest absolute Gasteiger partial charge is 0.112 e. The van der Waals surface area contributed by atoms with Gasteiger partial charge in [-0.05, 0) is 31.0 Å². The molecule has 0 spiro atoms. The van der Waals surface area contributed by atoms with Gasteiger partial charge in [0.15, 0.2) is 0 Å². The summed E-state index contributed by atoms with van der Waals surface area (Å²) in [6, 6.07) is 5.64. The zero-order chi connectivity index (χ0) is 12.4. The summed E-state index contributed by atoms with van der Waals surface area (Å²) >= 11 is 5.99. The molecule has 1 N–H and O–H groups in total. The number of hydrogen-bond donors (Lipinski definition) is 1. The van der Waals surface area contributed by atoms with Crippen molar-refractivity contribution in [2.45, 2.75) is 26.9 Å². The van der Waals surface area contributed by atoms with E-state index in [4.69, 9.17) is 11.6 Å². The SMILES string of the molecule is CCc1c(CO)nnn1-c1cc(Cl)ccc1C. The Labute approximate surface area is 105 Å². The molecule has 0 aliphatic carbocycles. The number of aromatic nitrogens is 3. The molecule has 90 valence electrons. The molecule has 4 nitrogen and oxygen atoms in total. The van der Waals surface area contributed by atoms with Gasteiger partial charge in [-0.3, -0.25) is 0 Å². The zero-order valence-corrected chi connectivity index (χ0v) is 10.6. The quantitative estimate of drug-likeness (QED) is 0.911. The van der Waals surface area contributed by atoms with Crippen molar-refractivity contribution in [1.29, 1.82) is 0 Å². The highest BCUT2D eigenvalue weighted by molar-refractivity contribution is 6.30. The highest BCUT2D eigenvalue weighted by Crippen LogP contribution is 2.21. The van der Waals surface area contributed by atoms with Gasteiger partial charge >= 0.3 is 0 Å². The summed E-state index contributed by atoms with van der Waals surface area (Å²) in [6.07, 6.45) is 0.759. The first-order chi connectivity index (χ1) is 8.17. The van der Waals surface area contributed by atoms with Gasteiger partial charge in [0.1, 0.15) is 5.69 Å². The number of rotatable bonds is 3. The van der Waals surface area contributed by atoms with Crippen molar-refractivity contribution in [2.24, 2.45) is 0 Å². The summed E-state index contributed by atoms with van der Waals surface area (Å²) in [5.41, 5.74) is 3.50. The molecule has 0 saturated carbocycles. The Morgan fingerprint density at radius 3 is 2.82 bits per heavy atom. The standard InChI is InChI=1S/C12H14ClN3O/c1-3-11-10(7-17)14-15-16(11)12-6-9(13)5-4-8(12)2/h4-6,17H,3,7H2,1-2H3. The molecule has 0 unspecified atom stereocenters. The normalized spacial score (nSPS) is 10.8. The van der Waals surface area contributed by atoms with E-state index in [0.29, 0.717) is 10.7 Å². The minimum absolute atomic E-state index is 0.0945. The average Bonchev–Trinajstić information content (AvgIpc) is 2.74. The number of aliphatic hydroxyl groups is 1. The van der Waals surface area contributed by atoms with Gasteiger partial charge in [-0.1, -0.05) is 29.8 Å². The fourth-order valence-electron chi connectivity index (χ4n) is 1.81. The van der Waals surface area contributed by atoms with E-state index in [2.05, 4.69) is 10.3 Å². The van der Waals surface area contributed by atoms with Gasteiger partial charge in [-0.15, -0.1) is 5.10 Å². The van der Waals surface area contributed by atoms with E-state index in [-0.39, 0.29) is 6.61 Å². The van der Waals surface area contributed by atoms with Crippen LogP contribution in [0.15, 0.2) is 18.2 Å². The predicted octanol–water partition coefficient (Wildman–Crippen LogP) is 2.28. The van der Waals surface area contributed by atoms with E-state index in [9.17, 15) is 5.11 Å². The molecular formula is C12H14ClN3O. The Morgan fingerprint density at radius 2 is 2.18 bits per heavy atom. The largest absolute Gasteiger partial charge is 0.390 e. The topological polar surface area (TPSA) is 50.9 Å². The summed E-state index contributed by atoms with van der Waals surface area (Å²) in [4.78, 5) is 0. The first kappa shape index (κ1) is 12.1. The van der Waals surface area contributed by atoms with Crippen LogP contribution in [0.1, 0.15) is 23.9 Å². The van der Waals surface area contributed by atoms with E-state index in [1.807, 2.05) is 32.0 Å². The molecule has 5 heteroatoms. The van der Waals surface area contributed by atoms with Crippen molar-refractivity contribution in [3.63, 3.8) is 0 Å². The summed E-state index contributed by atoms with van der Waals surface area (Å²) in [5, 5.41) is 17.9. The Bertz CT molecular complexity index is 537. The molecule has 0 aliphatic heterocycles. The summed E-state index contributed by atoms with van der Waals surface area (Å²) in [5.74, 6) is 0. The molecule has 0 aliphatic rings. The van der Waals surface area contributed by atoms with E-state index in [1.165, 1.54) is 0 Å². The molecule has 0 atom stereocenters. The second-order valence-electron chi connectivity index (χ2n) is 3.84. The summed E-state index contributed by atoms with van der Waals surface area (Å²) in [7, 11) is 0. The van der Waals surface area contributed by atoms with Gasteiger partial charge in [0.2, 0.25) is 0 Å². The number of aliphatic hydroxyl groups excluding tert-OH is 1. The van der Waals surface area contributed by atoms with E-state index < -0.39 is 0 Å². The van der Waals surface area contributed by atoms with Crippen LogP contribution in [0.2, 0.25) is 5.02 Å². The minimum Gasteiger partial charge on any atom is -0.390 e. The third-order valence-electron chi connectivity index (χ3n) is 2.73. The number of benzene rings is 1. The number of aryl methyl sites for hydroxylation is 1. The molecule has 1 aromatic heterocycles. The maximum Gasteiger partial charge on any atom is 0.112 e. The Kier molecular flexibility index (Phi) is 3.45. The molecule has 0 radical (unpaired) electrons. The molecule has 1 aromatic carbocycles. The van der Waals surface area contributed by atoms with Crippen LogP contribution in [0.25, 0.3) is 5.69 Å². The molecule has 1 heterocycles. The molecule has 0 saturated heterocycles. The van der Waals surface area contributed by atoms with Crippen LogP contribution in [-0.4, -0.2) is 20.1 Å². The van der Waals surface area contributed by atoms with Crippen LogP contribution in [0, 0.1) is 6.92 Å². The van der Waals surface area contributed by atoms with Gasteiger partial charge in [-0.25, -0.2) is 4.68 Å². The highest BCUT2D eigenvalue weighted by atomic mass is 35.5. The monoisotopic (exact) mass is 251 g/mol. The highest BCUT2D eigenvalue weighted by Gasteiger charge is 2.13. The van der Waals surface area contributed by atoms with Crippen LogP contribution in [0.4, 0.5) is 0 Å². The minimum atomic E-state index is -0.0945. The van der Waals surface area contributed by atoms with E-state index in [1.54, 1.807) is 4.68 Å². The number of halogens is 1. The lowest BCUT2D eigenvalue weighted by atomic mass is 10.2. The first-order valence-electron chi connectivity index (χ1n) is 5.48. The lowest BCUT2D eigenvalue weighted by Crippen LogP contribution is -2.04. The zero-order valence-electron chi connectivity index (χ0n) is 9.81. The fourth-order valence-corrected chi connectivity index (χ4v) is 1.98. The van der Waals surface area contributed by atoms with Crippen LogP contribution < -0.4 is 0 Å². The van der Waals surface area contributed by atoms with Crippen molar-refractivity contribution in [1.82, 2.24) is 15.0 Å². The Morgan fingerprint density at radius 1 is 1.41 bits per heavy atom. The van der Waals surface area contributed by atoms with E-state index >= 15 is 0 Å². The van der Waals surface area contributed by atoms with Crippen LogP contribution in [-0.2, 0) is 13.0 Å². The van der Waals surface area contributed by atoms with Crippen LogP contribution in [0.5, 0.6) is 0 Å². The number of hydrogen-bond acceptors (Lipinski definition) is 3. The van der Waals surface area contributed by atoms with Crippen molar-refractivity contribution in [2.75, 3.05) is 0 Å². The van der Waals surface area contributed by atoms with Gasteiger partial charge in [-0.2, -0.15) is 0 Å². The number of nitrogens with zero attached hydrogens (tertiary/aromatic N) is 3. The second-order valence-corrected chi connectivity index (χ2v) is 4.27. The second kappa shape index (κ2) is 4.85. The summed E-state index contributed by atoms with van der Waals surface area (Å²) in [6.45, 7) is 3.91. The van der Waals surface area contributed by atoms with Crippen LogP contribution in [0.3, 0.4) is 0 Å². The van der Waals surface area contributed by atoms with Gasteiger partial charge in [0.25, 0.3) is 0 Å².